The van der Waals surface area contributed by atoms with Crippen LogP contribution in [0.3, 0.4) is 0 Å². The van der Waals surface area contributed by atoms with Crippen molar-refractivity contribution < 1.29 is 14.3 Å². The molecule has 0 heterocycles. The Morgan fingerprint density at radius 1 is 1.00 bits per heavy atom. The highest BCUT2D eigenvalue weighted by atomic mass is 32.2. The molecule has 4 heteroatoms. The molecule has 3 rings (SSSR count). The zero-order chi connectivity index (χ0) is 17.8. The molecule has 25 heavy (non-hydrogen) atoms. The van der Waals surface area contributed by atoms with Crippen LogP contribution in [0.25, 0.3) is 10.8 Å². The number of benzene rings is 3. The molecule has 126 valence electrons. The lowest BCUT2D eigenvalue weighted by atomic mass is 10.1. The Morgan fingerprint density at radius 2 is 1.64 bits per heavy atom. The second-order valence-electron chi connectivity index (χ2n) is 5.54. The van der Waals surface area contributed by atoms with Gasteiger partial charge < -0.3 is 9.47 Å². The Kier molecular flexibility index (Phi) is 5.10. The van der Waals surface area contributed by atoms with Crippen LogP contribution in [0.5, 0.6) is 11.5 Å². The standard InChI is InChI=1S/C21H18O3S/c1-14(2)21(22)24-20-17-12-8-7-11-16(17)18(23-3)13-19(20)25-15-9-5-4-6-10-15/h4-13H,1H2,2-3H3. The van der Waals surface area contributed by atoms with E-state index >= 15 is 0 Å². The maximum atomic E-state index is 12.2. The van der Waals surface area contributed by atoms with Gasteiger partial charge in [0.1, 0.15) is 5.75 Å². The minimum atomic E-state index is -0.440. The molecular weight excluding hydrogens is 332 g/mol. The Hall–Kier alpha value is -2.72. The molecule has 0 N–H and O–H groups in total. The fourth-order valence-electron chi connectivity index (χ4n) is 2.44. The molecule has 0 aromatic heterocycles. The summed E-state index contributed by atoms with van der Waals surface area (Å²) in [4.78, 5) is 14.0. The zero-order valence-electron chi connectivity index (χ0n) is 14.1. The number of ether oxygens (including phenoxy) is 2. The third kappa shape index (κ3) is 3.69. The highest BCUT2D eigenvalue weighted by Gasteiger charge is 2.18. The maximum absolute atomic E-state index is 12.2. The van der Waals surface area contributed by atoms with Crippen molar-refractivity contribution in [3.63, 3.8) is 0 Å². The SMILES string of the molecule is C=C(C)C(=O)Oc1c(Sc2ccccc2)cc(OC)c2ccccc12. The van der Waals surface area contributed by atoms with E-state index in [1.165, 1.54) is 11.8 Å². The van der Waals surface area contributed by atoms with Gasteiger partial charge in [-0.1, -0.05) is 60.8 Å². The van der Waals surface area contributed by atoms with E-state index < -0.39 is 5.97 Å². The minimum Gasteiger partial charge on any atom is -0.496 e. The number of hydrogen-bond acceptors (Lipinski definition) is 4. The first-order valence-electron chi connectivity index (χ1n) is 7.80. The van der Waals surface area contributed by atoms with Gasteiger partial charge in [-0.15, -0.1) is 0 Å². The molecule has 0 aliphatic heterocycles. The number of carbonyl (C=O) groups excluding carboxylic acids is 1. The predicted octanol–water partition coefficient (Wildman–Crippen LogP) is 5.48. The highest BCUT2D eigenvalue weighted by Crippen LogP contribution is 2.44. The number of esters is 1. The quantitative estimate of drug-likeness (QED) is 0.347. The number of rotatable bonds is 5. The highest BCUT2D eigenvalue weighted by molar-refractivity contribution is 7.99. The smallest absolute Gasteiger partial charge is 0.338 e. The Morgan fingerprint density at radius 3 is 2.28 bits per heavy atom. The average Bonchev–Trinajstić information content (AvgIpc) is 2.64. The lowest BCUT2D eigenvalue weighted by Gasteiger charge is -2.15. The number of carbonyl (C=O) groups is 1. The summed E-state index contributed by atoms with van der Waals surface area (Å²) in [6, 6.07) is 19.6. The molecule has 3 aromatic carbocycles. The number of fused-ring (bicyclic) bond motifs is 1. The van der Waals surface area contributed by atoms with Crippen LogP contribution >= 0.6 is 11.8 Å². The van der Waals surface area contributed by atoms with Crippen LogP contribution in [0.1, 0.15) is 6.92 Å². The maximum Gasteiger partial charge on any atom is 0.338 e. The summed E-state index contributed by atoms with van der Waals surface area (Å²) < 4.78 is 11.2. The van der Waals surface area contributed by atoms with Crippen LogP contribution < -0.4 is 9.47 Å². The molecule has 0 atom stereocenters. The zero-order valence-corrected chi connectivity index (χ0v) is 14.9. The van der Waals surface area contributed by atoms with Gasteiger partial charge in [-0.2, -0.15) is 0 Å². The number of hydrogen-bond donors (Lipinski definition) is 0. The third-order valence-electron chi connectivity index (χ3n) is 3.66. The summed E-state index contributed by atoms with van der Waals surface area (Å²) in [5.74, 6) is 0.827. The molecule has 3 nitrogen and oxygen atoms in total. The van der Waals surface area contributed by atoms with Crippen molar-refractivity contribution in [2.24, 2.45) is 0 Å². The van der Waals surface area contributed by atoms with Gasteiger partial charge in [-0.3, -0.25) is 0 Å². The van der Waals surface area contributed by atoms with Crippen LogP contribution in [0.2, 0.25) is 0 Å². The molecule has 0 amide bonds. The lowest BCUT2D eigenvalue weighted by molar-refractivity contribution is -0.130. The second-order valence-corrected chi connectivity index (χ2v) is 6.65. The van der Waals surface area contributed by atoms with Crippen LogP contribution in [-0.2, 0) is 4.79 Å². The van der Waals surface area contributed by atoms with Gasteiger partial charge in [-0.05, 0) is 25.1 Å². The van der Waals surface area contributed by atoms with E-state index in [0.717, 1.165) is 26.3 Å². The van der Waals surface area contributed by atoms with E-state index in [2.05, 4.69) is 6.58 Å². The van der Waals surface area contributed by atoms with Crippen molar-refractivity contribution in [3.8, 4) is 11.5 Å². The van der Waals surface area contributed by atoms with Crippen LogP contribution in [0, 0.1) is 0 Å². The van der Waals surface area contributed by atoms with Crippen LogP contribution in [-0.4, -0.2) is 13.1 Å². The molecule has 0 radical (unpaired) electrons. The van der Waals surface area contributed by atoms with E-state index in [4.69, 9.17) is 9.47 Å². The molecule has 0 saturated carbocycles. The number of methoxy groups -OCH3 is 1. The van der Waals surface area contributed by atoms with Crippen molar-refractivity contribution in [1.29, 1.82) is 0 Å². The van der Waals surface area contributed by atoms with Gasteiger partial charge in [0, 0.05) is 21.2 Å². The minimum absolute atomic E-state index is 0.357. The fraction of sp³-hybridized carbons (Fsp3) is 0.0952. The van der Waals surface area contributed by atoms with Gasteiger partial charge >= 0.3 is 5.97 Å². The topological polar surface area (TPSA) is 35.5 Å². The summed E-state index contributed by atoms with van der Waals surface area (Å²) in [7, 11) is 1.64. The van der Waals surface area contributed by atoms with Crippen molar-refractivity contribution in [3.05, 3.63) is 72.8 Å². The van der Waals surface area contributed by atoms with Gasteiger partial charge in [-0.25, -0.2) is 4.79 Å². The molecule has 0 bridgehead atoms. The Labute approximate surface area is 151 Å². The van der Waals surface area contributed by atoms with E-state index in [0.29, 0.717) is 11.3 Å². The molecule has 0 unspecified atom stereocenters. The fourth-order valence-corrected chi connectivity index (χ4v) is 3.39. The Bertz CT molecular complexity index is 933. The molecule has 3 aromatic rings. The van der Waals surface area contributed by atoms with E-state index in [9.17, 15) is 4.79 Å². The Balaban J connectivity index is 2.18. The van der Waals surface area contributed by atoms with Crippen molar-refractivity contribution >= 4 is 28.5 Å². The molecule has 0 aliphatic rings. The predicted molar refractivity (Wildman–Crippen MR) is 102 cm³/mol. The van der Waals surface area contributed by atoms with Crippen molar-refractivity contribution in [2.75, 3.05) is 7.11 Å². The third-order valence-corrected chi connectivity index (χ3v) is 4.69. The summed E-state index contributed by atoms with van der Waals surface area (Å²) in [5.41, 5.74) is 0.357. The van der Waals surface area contributed by atoms with Gasteiger partial charge in [0.25, 0.3) is 0 Å². The first-order chi connectivity index (χ1) is 12.1. The van der Waals surface area contributed by atoms with Gasteiger partial charge in [0.15, 0.2) is 5.75 Å². The van der Waals surface area contributed by atoms with Crippen molar-refractivity contribution in [1.82, 2.24) is 0 Å². The summed E-state index contributed by atoms with van der Waals surface area (Å²) >= 11 is 1.53. The van der Waals surface area contributed by atoms with E-state index in [1.54, 1.807) is 14.0 Å². The van der Waals surface area contributed by atoms with E-state index in [1.807, 2.05) is 60.7 Å². The first kappa shape index (κ1) is 17.1. The van der Waals surface area contributed by atoms with Crippen molar-refractivity contribution in [2.45, 2.75) is 16.7 Å². The summed E-state index contributed by atoms with van der Waals surface area (Å²) in [6.45, 7) is 5.31. The normalized spacial score (nSPS) is 10.5. The summed E-state index contributed by atoms with van der Waals surface area (Å²) in [5, 5.41) is 1.72. The second kappa shape index (κ2) is 7.45. The average molecular weight is 350 g/mol. The van der Waals surface area contributed by atoms with Crippen LogP contribution in [0.15, 0.2) is 82.6 Å². The molecule has 0 fully saturated rings. The lowest BCUT2D eigenvalue weighted by Crippen LogP contribution is -2.09. The van der Waals surface area contributed by atoms with Gasteiger partial charge in [0.05, 0.1) is 12.0 Å². The van der Waals surface area contributed by atoms with Gasteiger partial charge in [0.2, 0.25) is 0 Å². The largest absolute Gasteiger partial charge is 0.496 e. The molecule has 0 aliphatic carbocycles. The van der Waals surface area contributed by atoms with E-state index in [-0.39, 0.29) is 0 Å². The molecule has 0 saturated heterocycles. The molecule has 0 spiro atoms. The monoisotopic (exact) mass is 350 g/mol. The summed E-state index contributed by atoms with van der Waals surface area (Å²) in [6.07, 6.45) is 0. The molecular formula is C21H18O3S. The first-order valence-corrected chi connectivity index (χ1v) is 8.62. The van der Waals surface area contributed by atoms with Crippen LogP contribution in [0.4, 0.5) is 0 Å².